The van der Waals surface area contributed by atoms with Gasteiger partial charge in [-0.15, -0.1) is 0 Å². The van der Waals surface area contributed by atoms with Crippen molar-refractivity contribution < 1.29 is 17.6 Å². The van der Waals surface area contributed by atoms with Crippen LogP contribution in [0.15, 0.2) is 96.5 Å². The van der Waals surface area contributed by atoms with E-state index in [9.17, 15) is 17.6 Å². The van der Waals surface area contributed by atoms with Gasteiger partial charge in [-0.05, 0) is 86.5 Å². The predicted octanol–water partition coefficient (Wildman–Crippen LogP) is 7.43. The highest BCUT2D eigenvalue weighted by Gasteiger charge is 2.45. The molecule has 0 bridgehead atoms. The molecule has 2 aromatic carbocycles. The van der Waals surface area contributed by atoms with Gasteiger partial charge in [-0.25, -0.2) is 9.37 Å². The molecule has 0 saturated carbocycles. The molecular formula is C32H36F4N4. The van der Waals surface area contributed by atoms with Crippen molar-refractivity contribution in [2.45, 2.75) is 38.3 Å². The fourth-order valence-corrected chi connectivity index (χ4v) is 5.80. The van der Waals surface area contributed by atoms with Crippen LogP contribution in [0.2, 0.25) is 0 Å². The van der Waals surface area contributed by atoms with Gasteiger partial charge in [0.15, 0.2) is 0 Å². The summed E-state index contributed by atoms with van der Waals surface area (Å²) in [7, 11) is 5.81. The Morgan fingerprint density at radius 1 is 1.15 bits per heavy atom. The number of nitrogens with one attached hydrogen (secondary N) is 1. The van der Waals surface area contributed by atoms with Gasteiger partial charge in [0.05, 0.1) is 5.56 Å². The molecule has 0 fully saturated rings. The molecule has 1 N–H and O–H groups in total. The fourth-order valence-electron chi connectivity index (χ4n) is 5.80. The number of allylic oxidation sites excluding steroid dienone is 3. The molecule has 2 atom stereocenters. The first-order valence-electron chi connectivity index (χ1n) is 13.3. The molecular weight excluding hydrogens is 516 g/mol. The molecule has 0 aliphatic heterocycles. The third-order valence-corrected chi connectivity index (χ3v) is 8.13. The summed E-state index contributed by atoms with van der Waals surface area (Å²) in [6.45, 7) is 7.01. The number of aromatic nitrogens is 2. The topological polar surface area (TPSA) is 33.1 Å². The number of benzene rings is 2. The first-order chi connectivity index (χ1) is 19.0. The number of aryl methyl sites for hydroxylation is 1. The zero-order chi connectivity index (χ0) is 29.1. The van der Waals surface area contributed by atoms with Crippen LogP contribution in [-0.4, -0.2) is 30.2 Å². The minimum absolute atomic E-state index is 0.0643. The molecule has 4 nitrogen and oxygen atoms in total. The average molecular weight is 553 g/mol. The van der Waals surface area contributed by atoms with E-state index >= 15 is 0 Å². The van der Waals surface area contributed by atoms with Crippen molar-refractivity contribution >= 4 is 5.69 Å². The number of hydrogen-bond donors (Lipinski definition) is 1. The van der Waals surface area contributed by atoms with Crippen LogP contribution in [0.3, 0.4) is 0 Å². The van der Waals surface area contributed by atoms with E-state index in [0.717, 1.165) is 53.4 Å². The lowest BCUT2D eigenvalue weighted by Gasteiger charge is -2.46. The molecule has 4 rings (SSSR count). The molecule has 1 aliphatic carbocycles. The maximum absolute atomic E-state index is 13.7. The van der Waals surface area contributed by atoms with Crippen LogP contribution in [0.1, 0.15) is 42.6 Å². The number of likely N-dealkylation sites (N-methyl/N-ethyl adjacent to an activating group) is 1. The van der Waals surface area contributed by atoms with Crippen molar-refractivity contribution in [2.24, 2.45) is 12.5 Å². The van der Waals surface area contributed by atoms with Gasteiger partial charge >= 0.3 is 6.18 Å². The number of halogens is 4. The fraction of sp³-hybridized carbons (Fsp3) is 0.344. The Morgan fingerprint density at radius 3 is 2.38 bits per heavy atom. The lowest BCUT2D eigenvalue weighted by molar-refractivity contribution is -0.137. The summed E-state index contributed by atoms with van der Waals surface area (Å²) in [5.74, 6) is 0.537. The largest absolute Gasteiger partial charge is 0.416 e. The van der Waals surface area contributed by atoms with E-state index in [1.165, 1.54) is 17.7 Å². The molecule has 0 amide bonds. The van der Waals surface area contributed by atoms with Crippen LogP contribution >= 0.6 is 0 Å². The highest BCUT2D eigenvalue weighted by molar-refractivity contribution is 5.59. The maximum Gasteiger partial charge on any atom is 0.416 e. The Kier molecular flexibility index (Phi) is 8.68. The number of alkyl halides is 3. The Hall–Kier alpha value is -3.65. The van der Waals surface area contributed by atoms with E-state index in [4.69, 9.17) is 0 Å². The summed E-state index contributed by atoms with van der Waals surface area (Å²) >= 11 is 0. The van der Waals surface area contributed by atoms with Crippen LogP contribution in [0.4, 0.5) is 23.2 Å². The number of rotatable bonds is 10. The van der Waals surface area contributed by atoms with Crippen LogP contribution < -0.4 is 10.2 Å². The van der Waals surface area contributed by atoms with E-state index in [-0.39, 0.29) is 11.7 Å². The van der Waals surface area contributed by atoms with Crippen LogP contribution in [0.5, 0.6) is 0 Å². The molecule has 1 aromatic heterocycles. The van der Waals surface area contributed by atoms with Crippen LogP contribution in [-0.2, 0) is 19.6 Å². The normalized spacial score (nSPS) is 18.4. The second-order valence-corrected chi connectivity index (χ2v) is 10.5. The van der Waals surface area contributed by atoms with Gasteiger partial charge in [-0.3, -0.25) is 0 Å². The van der Waals surface area contributed by atoms with Crippen LogP contribution in [0.25, 0.3) is 0 Å². The van der Waals surface area contributed by atoms with E-state index < -0.39 is 17.2 Å². The van der Waals surface area contributed by atoms with Crippen molar-refractivity contribution in [1.29, 1.82) is 0 Å². The molecule has 212 valence electrons. The first-order valence-corrected chi connectivity index (χ1v) is 13.3. The number of hydrogen-bond acceptors (Lipinski definition) is 3. The highest BCUT2D eigenvalue weighted by Crippen LogP contribution is 2.53. The second kappa shape index (κ2) is 11.8. The third kappa shape index (κ3) is 5.92. The maximum atomic E-state index is 13.7. The van der Waals surface area contributed by atoms with Crippen molar-refractivity contribution in [2.75, 3.05) is 25.5 Å². The molecule has 8 heteroatoms. The van der Waals surface area contributed by atoms with Gasteiger partial charge < -0.3 is 14.8 Å². The van der Waals surface area contributed by atoms with Crippen molar-refractivity contribution in [1.82, 2.24) is 14.9 Å². The molecule has 0 radical (unpaired) electrons. The lowest BCUT2D eigenvalue weighted by atomic mass is 9.60. The van der Waals surface area contributed by atoms with Crippen molar-refractivity contribution in [3.8, 4) is 0 Å². The van der Waals surface area contributed by atoms with Crippen molar-refractivity contribution in [3.05, 3.63) is 119 Å². The van der Waals surface area contributed by atoms with Gasteiger partial charge in [0.1, 0.15) is 11.6 Å². The quantitative estimate of drug-likeness (QED) is 0.266. The van der Waals surface area contributed by atoms with Gasteiger partial charge in [0.25, 0.3) is 0 Å². The van der Waals surface area contributed by atoms with Crippen molar-refractivity contribution in [3.63, 3.8) is 0 Å². The number of imidazole rings is 1. The highest BCUT2D eigenvalue weighted by atomic mass is 19.4. The Labute approximate surface area is 233 Å². The van der Waals surface area contributed by atoms with E-state index in [1.54, 1.807) is 30.5 Å². The van der Waals surface area contributed by atoms with Gasteiger partial charge in [-0.2, -0.15) is 13.2 Å². The molecule has 40 heavy (non-hydrogen) atoms. The van der Waals surface area contributed by atoms with Gasteiger partial charge in [0, 0.05) is 49.2 Å². The average Bonchev–Trinajstić information content (AvgIpc) is 3.37. The third-order valence-electron chi connectivity index (χ3n) is 8.13. The summed E-state index contributed by atoms with van der Waals surface area (Å²) in [4.78, 5) is 6.71. The minimum atomic E-state index is -4.39. The molecule has 0 saturated heterocycles. The molecule has 2 unspecified atom stereocenters. The zero-order valence-electron chi connectivity index (χ0n) is 23.4. The molecule has 1 heterocycles. The first kappa shape index (κ1) is 29.3. The summed E-state index contributed by atoms with van der Waals surface area (Å²) in [5, 5.41) is 3.25. The minimum Gasteiger partial charge on any atom is -0.344 e. The Morgan fingerprint density at radius 2 is 1.82 bits per heavy atom. The monoisotopic (exact) mass is 552 g/mol. The van der Waals surface area contributed by atoms with Crippen LogP contribution in [0, 0.1) is 11.2 Å². The summed E-state index contributed by atoms with van der Waals surface area (Å²) in [5.41, 5.74) is 3.66. The summed E-state index contributed by atoms with van der Waals surface area (Å²) in [6.07, 6.45) is 5.21. The standard InChI is InChI=1S/C32H36F4N4/c1-6-24-21-31(22(2)30-38-17-18-39(30)4,20-23-7-9-25(10-8-23)32(34,35)36)26(15-16-37-3)19-29(24)40(5)28-13-11-27(33)12-14-28/h6-14,17-19,22,37H,1,15-16,20-21H2,2-5H3. The van der Waals surface area contributed by atoms with E-state index in [2.05, 4.69) is 29.9 Å². The lowest BCUT2D eigenvalue weighted by Crippen LogP contribution is -2.38. The zero-order valence-corrected chi connectivity index (χ0v) is 23.4. The molecule has 0 spiro atoms. The van der Waals surface area contributed by atoms with E-state index in [0.29, 0.717) is 12.8 Å². The van der Waals surface area contributed by atoms with Gasteiger partial charge in [0.2, 0.25) is 0 Å². The molecule has 1 aliphatic rings. The number of anilines is 1. The SMILES string of the molecule is C=CC1=C(N(C)c2ccc(F)cc2)C=C(CCNC)C(Cc2ccc(C(F)(F)F)cc2)(C(C)c2nccn2C)C1. The number of nitrogens with zero attached hydrogens (tertiary/aromatic N) is 3. The Balaban J connectivity index is 1.86. The van der Waals surface area contributed by atoms with Gasteiger partial charge in [-0.1, -0.05) is 37.3 Å². The van der Waals surface area contributed by atoms with E-state index in [1.807, 2.05) is 42.9 Å². The summed E-state index contributed by atoms with van der Waals surface area (Å²) < 4.78 is 55.6. The summed E-state index contributed by atoms with van der Waals surface area (Å²) in [6, 6.07) is 11.8. The molecule has 3 aromatic rings. The smallest absolute Gasteiger partial charge is 0.344 e. The Bertz CT molecular complexity index is 1380. The predicted molar refractivity (Wildman–Crippen MR) is 152 cm³/mol. The second-order valence-electron chi connectivity index (χ2n) is 10.5.